The summed E-state index contributed by atoms with van der Waals surface area (Å²) in [5.74, 6) is 1.00. The maximum Gasteiger partial charge on any atom is 0.232 e. The number of ether oxygens (including phenoxy) is 1. The van der Waals surface area contributed by atoms with E-state index in [2.05, 4.69) is 25.4 Å². The second-order valence-corrected chi connectivity index (χ2v) is 6.30. The molecule has 1 aliphatic carbocycles. The van der Waals surface area contributed by atoms with Crippen molar-refractivity contribution in [1.82, 2.24) is 24.7 Å². The van der Waals surface area contributed by atoms with E-state index in [9.17, 15) is 5.11 Å². The fraction of sp³-hybridized carbons (Fsp3) is 0.471. The number of aliphatic hydroxyl groups is 1. The Labute approximate surface area is 145 Å². The molecule has 3 aromatic heterocycles. The van der Waals surface area contributed by atoms with Gasteiger partial charge < -0.3 is 20.1 Å². The van der Waals surface area contributed by atoms with E-state index in [4.69, 9.17) is 4.74 Å². The lowest BCUT2D eigenvalue weighted by Gasteiger charge is -2.17. The summed E-state index contributed by atoms with van der Waals surface area (Å²) < 4.78 is 7.52. The highest BCUT2D eigenvalue weighted by Gasteiger charge is 2.29. The van der Waals surface area contributed by atoms with E-state index in [0.29, 0.717) is 18.4 Å². The summed E-state index contributed by atoms with van der Waals surface area (Å²) in [6.45, 7) is 4.44. The molecule has 0 aromatic carbocycles. The lowest BCUT2D eigenvalue weighted by molar-refractivity contribution is 0.129. The summed E-state index contributed by atoms with van der Waals surface area (Å²) in [7, 11) is 0. The monoisotopic (exact) mass is 342 g/mol. The number of aliphatic hydroxyl groups excluding tert-OH is 1. The number of hydrogen-bond donors (Lipinski definition) is 3. The van der Waals surface area contributed by atoms with E-state index in [1.165, 1.54) is 0 Å². The van der Waals surface area contributed by atoms with Crippen molar-refractivity contribution in [1.29, 1.82) is 0 Å². The molecule has 2 unspecified atom stereocenters. The van der Waals surface area contributed by atoms with Crippen molar-refractivity contribution in [3.63, 3.8) is 0 Å². The standard InChI is InChI=1S/C17H22N6O2/c1-3-25-16-11-7-8-18-15(11)21-17(22-16)20-12-9-19-23(10(12)2)13-5-4-6-14(13)24/h7-9,13-14,24H,3-6H2,1-2H3,(H2,18,20,21,22). The van der Waals surface area contributed by atoms with E-state index in [-0.39, 0.29) is 12.1 Å². The molecular formula is C17H22N6O2. The van der Waals surface area contributed by atoms with Crippen LogP contribution in [0.1, 0.15) is 37.9 Å². The fourth-order valence-electron chi connectivity index (χ4n) is 3.42. The van der Waals surface area contributed by atoms with Crippen LogP contribution in [0.2, 0.25) is 0 Å². The van der Waals surface area contributed by atoms with E-state index in [0.717, 1.165) is 41.7 Å². The van der Waals surface area contributed by atoms with Crippen molar-refractivity contribution in [3.8, 4) is 5.88 Å². The van der Waals surface area contributed by atoms with Gasteiger partial charge in [0.05, 0.1) is 41.7 Å². The zero-order valence-corrected chi connectivity index (χ0v) is 14.4. The van der Waals surface area contributed by atoms with Gasteiger partial charge in [-0.2, -0.15) is 15.1 Å². The molecule has 0 bridgehead atoms. The van der Waals surface area contributed by atoms with Crippen LogP contribution in [0, 0.1) is 6.92 Å². The molecule has 0 saturated heterocycles. The van der Waals surface area contributed by atoms with E-state index in [1.807, 2.05) is 30.8 Å². The Morgan fingerprint density at radius 2 is 2.28 bits per heavy atom. The lowest BCUT2D eigenvalue weighted by Crippen LogP contribution is -2.20. The Hall–Kier alpha value is -2.61. The molecule has 1 fully saturated rings. The number of hydrogen-bond acceptors (Lipinski definition) is 6. The predicted octanol–water partition coefficient (Wildman–Crippen LogP) is 2.69. The molecule has 1 saturated carbocycles. The van der Waals surface area contributed by atoms with Gasteiger partial charge in [0.2, 0.25) is 11.8 Å². The average Bonchev–Trinajstić information content (AvgIpc) is 3.30. The Morgan fingerprint density at radius 1 is 1.40 bits per heavy atom. The van der Waals surface area contributed by atoms with Gasteiger partial charge >= 0.3 is 0 Å². The van der Waals surface area contributed by atoms with Crippen molar-refractivity contribution < 1.29 is 9.84 Å². The molecule has 0 aliphatic heterocycles. The summed E-state index contributed by atoms with van der Waals surface area (Å²) in [4.78, 5) is 12.1. The minimum atomic E-state index is -0.331. The van der Waals surface area contributed by atoms with Crippen molar-refractivity contribution in [2.24, 2.45) is 0 Å². The molecule has 0 spiro atoms. The van der Waals surface area contributed by atoms with E-state index < -0.39 is 0 Å². The highest BCUT2D eigenvalue weighted by molar-refractivity contribution is 5.82. The fourth-order valence-corrected chi connectivity index (χ4v) is 3.42. The molecular weight excluding hydrogens is 320 g/mol. The van der Waals surface area contributed by atoms with Gasteiger partial charge in [-0.3, -0.25) is 4.68 Å². The third-order valence-electron chi connectivity index (χ3n) is 4.71. The zero-order chi connectivity index (χ0) is 17.4. The molecule has 8 nitrogen and oxygen atoms in total. The molecule has 0 radical (unpaired) electrons. The average molecular weight is 342 g/mol. The van der Waals surface area contributed by atoms with Crippen LogP contribution in [-0.2, 0) is 0 Å². The van der Waals surface area contributed by atoms with Crippen molar-refractivity contribution in [2.45, 2.75) is 45.3 Å². The van der Waals surface area contributed by atoms with Crippen LogP contribution in [0.5, 0.6) is 5.88 Å². The highest BCUT2D eigenvalue weighted by atomic mass is 16.5. The van der Waals surface area contributed by atoms with Crippen molar-refractivity contribution in [2.75, 3.05) is 11.9 Å². The Morgan fingerprint density at radius 3 is 3.04 bits per heavy atom. The van der Waals surface area contributed by atoms with E-state index >= 15 is 0 Å². The van der Waals surface area contributed by atoms with Gasteiger partial charge in [0, 0.05) is 6.20 Å². The van der Waals surface area contributed by atoms with Gasteiger partial charge in [-0.1, -0.05) is 0 Å². The van der Waals surface area contributed by atoms with Gasteiger partial charge in [0.15, 0.2) is 0 Å². The quantitative estimate of drug-likeness (QED) is 0.659. The Bertz CT molecular complexity index is 887. The van der Waals surface area contributed by atoms with Crippen molar-refractivity contribution in [3.05, 3.63) is 24.2 Å². The molecule has 8 heteroatoms. The number of nitrogens with zero attached hydrogens (tertiary/aromatic N) is 4. The van der Waals surface area contributed by atoms with Gasteiger partial charge in [0.1, 0.15) is 5.65 Å². The first kappa shape index (κ1) is 15.9. The lowest BCUT2D eigenvalue weighted by atomic mass is 10.2. The number of aromatic nitrogens is 5. The zero-order valence-electron chi connectivity index (χ0n) is 14.4. The van der Waals surface area contributed by atoms with Crippen molar-refractivity contribution >= 4 is 22.7 Å². The second kappa shape index (κ2) is 6.36. The first-order valence-electron chi connectivity index (χ1n) is 8.64. The number of fused-ring (bicyclic) bond motifs is 1. The van der Waals surface area contributed by atoms with Crippen LogP contribution < -0.4 is 10.1 Å². The SMILES string of the molecule is CCOc1nc(Nc2cnn(C3CCCC3O)c2C)nc2[nH]ccc12. The van der Waals surface area contributed by atoms with Crippen LogP contribution >= 0.6 is 0 Å². The summed E-state index contributed by atoms with van der Waals surface area (Å²) >= 11 is 0. The normalized spacial score (nSPS) is 20.3. The topological polar surface area (TPSA) is 101 Å². The number of nitrogens with one attached hydrogen (secondary N) is 2. The number of rotatable bonds is 5. The second-order valence-electron chi connectivity index (χ2n) is 6.30. The summed E-state index contributed by atoms with van der Waals surface area (Å²) in [6, 6.07) is 1.94. The van der Waals surface area contributed by atoms with Crippen LogP contribution in [0.25, 0.3) is 11.0 Å². The van der Waals surface area contributed by atoms with Gasteiger partial charge in [-0.05, 0) is 39.2 Å². The molecule has 25 heavy (non-hydrogen) atoms. The third-order valence-corrected chi connectivity index (χ3v) is 4.71. The summed E-state index contributed by atoms with van der Waals surface area (Å²) in [5.41, 5.74) is 2.50. The maximum absolute atomic E-state index is 10.1. The number of H-pyrrole nitrogens is 1. The smallest absolute Gasteiger partial charge is 0.232 e. The van der Waals surface area contributed by atoms with Gasteiger partial charge in [0.25, 0.3) is 0 Å². The molecule has 132 valence electrons. The highest BCUT2D eigenvalue weighted by Crippen LogP contribution is 2.33. The minimum Gasteiger partial charge on any atom is -0.477 e. The third kappa shape index (κ3) is 2.82. The first-order valence-corrected chi connectivity index (χ1v) is 8.64. The molecule has 0 amide bonds. The molecule has 2 atom stereocenters. The molecule has 3 aromatic rings. The maximum atomic E-state index is 10.1. The van der Waals surface area contributed by atoms with Crippen LogP contribution in [-0.4, -0.2) is 42.5 Å². The molecule has 3 heterocycles. The van der Waals surface area contributed by atoms with Crippen LogP contribution in [0.3, 0.4) is 0 Å². The van der Waals surface area contributed by atoms with Crippen LogP contribution in [0.15, 0.2) is 18.5 Å². The number of aromatic amines is 1. The summed E-state index contributed by atoms with van der Waals surface area (Å²) in [5, 5.41) is 18.7. The predicted molar refractivity (Wildman–Crippen MR) is 94.2 cm³/mol. The van der Waals surface area contributed by atoms with E-state index in [1.54, 1.807) is 6.20 Å². The molecule has 1 aliphatic rings. The Kier molecular flexibility index (Phi) is 4.04. The summed E-state index contributed by atoms with van der Waals surface area (Å²) in [6.07, 6.45) is 6.04. The largest absolute Gasteiger partial charge is 0.477 e. The molecule has 3 N–H and O–H groups in total. The Balaban J connectivity index is 1.64. The van der Waals surface area contributed by atoms with Gasteiger partial charge in [-0.15, -0.1) is 0 Å². The van der Waals surface area contributed by atoms with Gasteiger partial charge in [-0.25, -0.2) is 0 Å². The minimum absolute atomic E-state index is 0.0429. The number of anilines is 2. The molecule has 4 rings (SSSR count). The first-order chi connectivity index (χ1) is 12.2. The van der Waals surface area contributed by atoms with Crippen LogP contribution in [0.4, 0.5) is 11.6 Å².